The van der Waals surface area contributed by atoms with Crippen LogP contribution in [-0.2, 0) is 11.3 Å². The van der Waals surface area contributed by atoms with Crippen molar-refractivity contribution in [3.8, 4) is 22.6 Å². The lowest BCUT2D eigenvalue weighted by Crippen LogP contribution is -2.44. The molecule has 1 unspecified atom stereocenters. The van der Waals surface area contributed by atoms with Gasteiger partial charge in [-0.25, -0.2) is 4.98 Å². The highest BCUT2D eigenvalue weighted by Gasteiger charge is 2.20. The number of hydrogen-bond donors (Lipinski definition) is 1. The number of fused-ring (bicyclic) bond motifs is 1. The minimum absolute atomic E-state index is 0.155. The number of piperazine rings is 1. The van der Waals surface area contributed by atoms with Gasteiger partial charge in [-0.15, -0.1) is 0 Å². The summed E-state index contributed by atoms with van der Waals surface area (Å²) in [4.78, 5) is 28.1. The Morgan fingerprint density at radius 2 is 1.92 bits per heavy atom. The molecule has 1 atom stereocenters. The third-order valence-corrected chi connectivity index (χ3v) is 7.94. The summed E-state index contributed by atoms with van der Waals surface area (Å²) in [5, 5.41) is 4.40. The van der Waals surface area contributed by atoms with Crippen LogP contribution in [0.1, 0.15) is 19.3 Å². The molecular weight excluding hydrogens is 520 g/mol. The Balaban J connectivity index is 1.50. The maximum Gasteiger partial charge on any atom is 0.260 e. The van der Waals surface area contributed by atoms with E-state index in [1.807, 2.05) is 0 Å². The third kappa shape index (κ3) is 6.30. The van der Waals surface area contributed by atoms with Gasteiger partial charge >= 0.3 is 0 Å². The Hall–Kier alpha value is -2.92. The van der Waals surface area contributed by atoms with Crippen molar-refractivity contribution in [2.45, 2.75) is 31.9 Å². The van der Waals surface area contributed by atoms with Crippen LogP contribution >= 0.6 is 11.6 Å². The lowest BCUT2D eigenvalue weighted by molar-refractivity contribution is 0.120. The van der Waals surface area contributed by atoms with Crippen molar-refractivity contribution in [2.75, 3.05) is 72.5 Å². The molecule has 2 fully saturated rings. The molecule has 2 aromatic heterocycles. The van der Waals surface area contributed by atoms with Crippen molar-refractivity contribution in [3.05, 3.63) is 39.8 Å². The quantitative estimate of drug-likeness (QED) is 0.403. The van der Waals surface area contributed by atoms with Crippen molar-refractivity contribution in [3.63, 3.8) is 0 Å². The molecule has 2 aliphatic heterocycles. The highest BCUT2D eigenvalue weighted by Crippen LogP contribution is 2.38. The summed E-state index contributed by atoms with van der Waals surface area (Å²) in [6.07, 6.45) is 4.82. The summed E-state index contributed by atoms with van der Waals surface area (Å²) in [7, 11) is 5.26. The first-order valence-electron chi connectivity index (χ1n) is 13.6. The zero-order valence-corrected chi connectivity index (χ0v) is 23.7. The topological polar surface area (TPSA) is 94.0 Å². The molecule has 0 saturated carbocycles. The fraction of sp³-hybridized carbons (Fsp3) is 0.536. The van der Waals surface area contributed by atoms with Gasteiger partial charge in [-0.2, -0.15) is 4.98 Å². The van der Waals surface area contributed by atoms with Crippen molar-refractivity contribution < 1.29 is 14.2 Å². The molecule has 11 heteroatoms. The third-order valence-electron chi connectivity index (χ3n) is 7.55. The van der Waals surface area contributed by atoms with Crippen LogP contribution in [0.25, 0.3) is 22.2 Å². The van der Waals surface area contributed by atoms with E-state index >= 15 is 0 Å². The minimum Gasteiger partial charge on any atom is -0.497 e. The number of benzene rings is 1. The van der Waals surface area contributed by atoms with Gasteiger partial charge in [0.05, 0.1) is 25.3 Å². The number of aryl methyl sites for hydroxylation is 1. The number of nitrogens with one attached hydrogen (secondary N) is 1. The lowest BCUT2D eigenvalue weighted by Gasteiger charge is -2.32. The van der Waals surface area contributed by atoms with E-state index in [0.29, 0.717) is 52.3 Å². The van der Waals surface area contributed by atoms with E-state index in [9.17, 15) is 4.79 Å². The lowest BCUT2D eigenvalue weighted by atomic mass is 10.0. The number of rotatable bonds is 10. The Labute approximate surface area is 233 Å². The zero-order valence-electron chi connectivity index (χ0n) is 22.9. The number of ether oxygens (including phenoxy) is 3. The second-order valence-electron chi connectivity index (χ2n) is 10.2. The van der Waals surface area contributed by atoms with E-state index in [1.165, 1.54) is 0 Å². The monoisotopic (exact) mass is 556 g/mol. The first-order chi connectivity index (χ1) is 19.0. The molecule has 0 spiro atoms. The molecule has 0 amide bonds. The first-order valence-corrected chi connectivity index (χ1v) is 13.9. The SMILES string of the molecule is COc1cc(OC)c(Cl)c(-c2cc3cnc(NCC4CCCO4)nc3n(CCCN3CCN(C)CC3)c2=O)c1. The first kappa shape index (κ1) is 27.6. The van der Waals surface area contributed by atoms with Gasteiger partial charge in [0.15, 0.2) is 0 Å². The van der Waals surface area contributed by atoms with Crippen LogP contribution in [0.3, 0.4) is 0 Å². The predicted molar refractivity (Wildman–Crippen MR) is 153 cm³/mol. The Kier molecular flexibility index (Phi) is 8.86. The minimum atomic E-state index is -0.165. The maximum atomic E-state index is 14.0. The molecule has 2 saturated heterocycles. The van der Waals surface area contributed by atoms with Gasteiger partial charge in [-0.1, -0.05) is 11.6 Å². The van der Waals surface area contributed by atoms with Crippen LogP contribution in [0, 0.1) is 0 Å². The van der Waals surface area contributed by atoms with Crippen LogP contribution in [0.15, 0.2) is 29.2 Å². The van der Waals surface area contributed by atoms with Gasteiger partial charge in [-0.05, 0) is 45.0 Å². The molecule has 210 valence electrons. The fourth-order valence-corrected chi connectivity index (χ4v) is 5.50. The van der Waals surface area contributed by atoms with Gasteiger partial charge < -0.3 is 29.3 Å². The summed E-state index contributed by atoms with van der Waals surface area (Å²) >= 11 is 6.70. The fourth-order valence-electron chi connectivity index (χ4n) is 5.21. The smallest absolute Gasteiger partial charge is 0.260 e. The second-order valence-corrected chi connectivity index (χ2v) is 10.6. The van der Waals surface area contributed by atoms with E-state index in [0.717, 1.165) is 64.0 Å². The second kappa shape index (κ2) is 12.5. The van der Waals surface area contributed by atoms with Crippen LogP contribution in [0.5, 0.6) is 11.5 Å². The Bertz CT molecular complexity index is 1350. The largest absolute Gasteiger partial charge is 0.497 e. The number of likely N-dealkylation sites (N-methyl/N-ethyl adjacent to an activating group) is 1. The van der Waals surface area contributed by atoms with E-state index < -0.39 is 0 Å². The van der Waals surface area contributed by atoms with Gasteiger partial charge in [0, 0.05) is 74.7 Å². The molecule has 4 heterocycles. The van der Waals surface area contributed by atoms with Crippen molar-refractivity contribution in [1.82, 2.24) is 24.3 Å². The summed E-state index contributed by atoms with van der Waals surface area (Å²) in [6, 6.07) is 5.27. The van der Waals surface area contributed by atoms with Crippen LogP contribution in [0.2, 0.25) is 5.02 Å². The molecular formula is C28H37ClN6O4. The van der Waals surface area contributed by atoms with Crippen molar-refractivity contribution >= 4 is 28.6 Å². The van der Waals surface area contributed by atoms with Crippen LogP contribution in [-0.4, -0.2) is 97.6 Å². The number of halogens is 1. The molecule has 0 bridgehead atoms. The number of anilines is 1. The van der Waals surface area contributed by atoms with Gasteiger partial charge in [0.2, 0.25) is 5.95 Å². The van der Waals surface area contributed by atoms with Crippen LogP contribution < -0.4 is 20.3 Å². The molecule has 1 N–H and O–H groups in total. The normalized spacial score (nSPS) is 18.5. The predicted octanol–water partition coefficient (Wildman–Crippen LogP) is 3.36. The molecule has 0 aliphatic carbocycles. The van der Waals surface area contributed by atoms with Crippen molar-refractivity contribution in [2.24, 2.45) is 0 Å². The molecule has 2 aliphatic rings. The number of hydrogen-bond acceptors (Lipinski definition) is 9. The van der Waals surface area contributed by atoms with E-state index in [4.69, 9.17) is 30.8 Å². The standard InChI is InChI=1S/C28H37ClN6O4/c1-33-9-11-34(12-10-33)7-5-8-35-26-19(17-30-28(32-26)31-18-20-6-4-13-39-20)14-23(27(35)36)22-15-21(37-2)16-24(38-3)25(22)29/h14-17,20H,4-13,18H2,1-3H3,(H,30,31,32). The number of pyridine rings is 1. The van der Waals surface area contributed by atoms with E-state index in [2.05, 4.69) is 27.1 Å². The molecule has 5 rings (SSSR count). The Morgan fingerprint density at radius 3 is 2.64 bits per heavy atom. The van der Waals surface area contributed by atoms with Gasteiger partial charge in [0.1, 0.15) is 17.1 Å². The highest BCUT2D eigenvalue weighted by molar-refractivity contribution is 6.35. The average Bonchev–Trinajstić information content (AvgIpc) is 3.48. The summed E-state index contributed by atoms with van der Waals surface area (Å²) < 4.78 is 18.4. The molecule has 1 aromatic carbocycles. The maximum absolute atomic E-state index is 14.0. The van der Waals surface area contributed by atoms with Crippen LogP contribution in [0.4, 0.5) is 5.95 Å². The number of aromatic nitrogens is 3. The number of methoxy groups -OCH3 is 2. The molecule has 39 heavy (non-hydrogen) atoms. The van der Waals surface area contributed by atoms with Gasteiger partial charge in [0.25, 0.3) is 5.56 Å². The Morgan fingerprint density at radius 1 is 1.10 bits per heavy atom. The summed E-state index contributed by atoms with van der Waals surface area (Å²) in [5.41, 5.74) is 1.43. The van der Waals surface area contributed by atoms with E-state index in [-0.39, 0.29) is 11.7 Å². The molecule has 10 nitrogen and oxygen atoms in total. The van der Waals surface area contributed by atoms with Gasteiger partial charge in [-0.3, -0.25) is 9.36 Å². The highest BCUT2D eigenvalue weighted by atomic mass is 35.5. The summed E-state index contributed by atoms with van der Waals surface area (Å²) in [5.74, 6) is 1.48. The average molecular weight is 557 g/mol. The number of nitrogens with zero attached hydrogens (tertiary/aromatic N) is 5. The summed E-state index contributed by atoms with van der Waals surface area (Å²) in [6.45, 7) is 7.04. The zero-order chi connectivity index (χ0) is 27.4. The van der Waals surface area contributed by atoms with Crippen molar-refractivity contribution in [1.29, 1.82) is 0 Å². The molecule has 3 aromatic rings. The molecule has 0 radical (unpaired) electrons. The van der Waals surface area contributed by atoms with E-state index in [1.54, 1.807) is 43.2 Å².